The maximum Gasteiger partial charge on any atom is 0.306 e. The summed E-state index contributed by atoms with van der Waals surface area (Å²) < 4.78 is 16.0. The van der Waals surface area contributed by atoms with Crippen molar-refractivity contribution in [3.05, 3.63) is 77.9 Å². The third-order valence-electron chi connectivity index (χ3n) is 5.04. The molecule has 0 bridgehead atoms. The number of anilines is 2. The van der Waals surface area contributed by atoms with Gasteiger partial charge in [0.15, 0.2) is 6.61 Å². The van der Waals surface area contributed by atoms with Crippen molar-refractivity contribution < 1.29 is 28.6 Å². The highest BCUT2D eigenvalue weighted by molar-refractivity contribution is 5.94. The molecule has 8 nitrogen and oxygen atoms in total. The lowest BCUT2D eigenvalue weighted by Crippen LogP contribution is -2.21. The van der Waals surface area contributed by atoms with Crippen LogP contribution in [0.1, 0.15) is 24.0 Å². The number of hydrogen-bond acceptors (Lipinski definition) is 6. The van der Waals surface area contributed by atoms with Gasteiger partial charge in [0, 0.05) is 23.9 Å². The van der Waals surface area contributed by atoms with Crippen molar-refractivity contribution in [3.63, 3.8) is 0 Å². The van der Waals surface area contributed by atoms with Crippen molar-refractivity contribution in [1.82, 2.24) is 0 Å². The number of rotatable bonds is 10. The molecule has 0 unspecified atom stereocenters. The molecule has 3 aromatic rings. The van der Waals surface area contributed by atoms with Crippen molar-refractivity contribution in [2.75, 3.05) is 24.4 Å². The standard InChI is InChI=1S/C27H28N2O6/c1-18-6-4-7-19(2)27(18)35-22-12-10-20(11-13-22)28-24(30)14-15-26(32)34-17-25(31)29-21-8-5-9-23(16-21)33-3/h4-13,16H,14-15,17H2,1-3H3,(H,28,30)(H,29,31). The summed E-state index contributed by atoms with van der Waals surface area (Å²) in [7, 11) is 1.52. The van der Waals surface area contributed by atoms with Crippen LogP contribution in [0.25, 0.3) is 0 Å². The number of aryl methyl sites for hydroxylation is 2. The smallest absolute Gasteiger partial charge is 0.306 e. The van der Waals surface area contributed by atoms with Crippen LogP contribution in [0.3, 0.4) is 0 Å². The van der Waals surface area contributed by atoms with E-state index in [0.29, 0.717) is 22.9 Å². The molecule has 0 fully saturated rings. The van der Waals surface area contributed by atoms with Crippen LogP contribution in [-0.2, 0) is 19.1 Å². The van der Waals surface area contributed by atoms with Crippen molar-refractivity contribution in [1.29, 1.82) is 0 Å². The zero-order chi connectivity index (χ0) is 25.2. The van der Waals surface area contributed by atoms with Crippen LogP contribution >= 0.6 is 0 Å². The lowest BCUT2D eigenvalue weighted by atomic mass is 10.1. The quantitative estimate of drug-likeness (QED) is 0.399. The predicted molar refractivity (Wildman–Crippen MR) is 133 cm³/mol. The Bertz CT molecular complexity index is 1170. The van der Waals surface area contributed by atoms with Gasteiger partial charge in [-0.25, -0.2) is 0 Å². The Labute approximate surface area is 204 Å². The number of esters is 1. The summed E-state index contributed by atoms with van der Waals surface area (Å²) in [5.74, 6) is 0.578. The average Bonchev–Trinajstić information content (AvgIpc) is 2.85. The molecular weight excluding hydrogens is 448 g/mol. The molecule has 3 rings (SSSR count). The van der Waals surface area contributed by atoms with Gasteiger partial charge in [0.25, 0.3) is 5.91 Å². The van der Waals surface area contributed by atoms with Crippen LogP contribution < -0.4 is 20.1 Å². The second-order valence-corrected chi connectivity index (χ2v) is 7.84. The van der Waals surface area contributed by atoms with Crippen molar-refractivity contribution in [3.8, 4) is 17.2 Å². The predicted octanol–water partition coefficient (Wildman–Crippen LogP) is 5.00. The van der Waals surface area contributed by atoms with Gasteiger partial charge in [0.1, 0.15) is 17.2 Å². The Balaban J connectivity index is 1.39. The van der Waals surface area contributed by atoms with E-state index in [2.05, 4.69) is 10.6 Å². The Morgan fingerprint density at radius 1 is 0.743 bits per heavy atom. The molecule has 0 aliphatic carbocycles. The summed E-state index contributed by atoms with van der Waals surface area (Å²) in [6.07, 6.45) is -0.219. The number of carbonyl (C=O) groups is 3. The van der Waals surface area contributed by atoms with Crippen LogP contribution in [-0.4, -0.2) is 31.5 Å². The zero-order valence-electron chi connectivity index (χ0n) is 19.9. The van der Waals surface area contributed by atoms with E-state index in [-0.39, 0.29) is 18.7 Å². The van der Waals surface area contributed by atoms with Crippen molar-refractivity contribution in [2.45, 2.75) is 26.7 Å². The number of ether oxygens (including phenoxy) is 3. The minimum Gasteiger partial charge on any atom is -0.497 e. The Hall–Kier alpha value is -4.33. The summed E-state index contributed by atoms with van der Waals surface area (Å²) >= 11 is 0. The summed E-state index contributed by atoms with van der Waals surface area (Å²) in [4.78, 5) is 36.0. The number of benzene rings is 3. The van der Waals surface area contributed by atoms with Gasteiger partial charge in [-0.15, -0.1) is 0 Å². The summed E-state index contributed by atoms with van der Waals surface area (Å²) in [6.45, 7) is 3.52. The van der Waals surface area contributed by atoms with Gasteiger partial charge in [0.2, 0.25) is 5.91 Å². The van der Waals surface area contributed by atoms with Crippen LogP contribution in [0.4, 0.5) is 11.4 Å². The highest BCUT2D eigenvalue weighted by atomic mass is 16.5. The van der Waals surface area contributed by atoms with E-state index in [1.54, 1.807) is 48.5 Å². The Morgan fingerprint density at radius 2 is 1.40 bits per heavy atom. The minimum absolute atomic E-state index is 0.0724. The molecule has 0 spiro atoms. The molecule has 0 saturated carbocycles. The first-order valence-corrected chi connectivity index (χ1v) is 11.1. The highest BCUT2D eigenvalue weighted by Gasteiger charge is 2.12. The molecule has 0 radical (unpaired) electrons. The van der Waals surface area contributed by atoms with Gasteiger partial charge >= 0.3 is 5.97 Å². The first-order chi connectivity index (χ1) is 16.8. The van der Waals surface area contributed by atoms with E-state index >= 15 is 0 Å². The molecule has 182 valence electrons. The van der Waals surface area contributed by atoms with E-state index in [4.69, 9.17) is 14.2 Å². The van der Waals surface area contributed by atoms with Crippen LogP contribution in [0, 0.1) is 13.8 Å². The third-order valence-corrected chi connectivity index (χ3v) is 5.04. The third kappa shape index (κ3) is 7.89. The molecule has 0 saturated heterocycles. The van der Waals surface area contributed by atoms with Gasteiger partial charge in [-0.1, -0.05) is 24.3 Å². The molecule has 0 atom stereocenters. The SMILES string of the molecule is COc1cccc(NC(=O)COC(=O)CCC(=O)Nc2ccc(Oc3c(C)cccc3C)cc2)c1. The number of para-hydroxylation sites is 1. The van der Waals surface area contributed by atoms with Crippen molar-refractivity contribution >= 4 is 29.2 Å². The molecule has 0 aliphatic heterocycles. The maximum absolute atomic E-state index is 12.2. The number of methoxy groups -OCH3 is 1. The zero-order valence-corrected chi connectivity index (χ0v) is 19.9. The van der Waals surface area contributed by atoms with E-state index in [1.165, 1.54) is 7.11 Å². The summed E-state index contributed by atoms with van der Waals surface area (Å²) in [5.41, 5.74) is 3.17. The molecule has 0 aliphatic rings. The molecule has 35 heavy (non-hydrogen) atoms. The summed E-state index contributed by atoms with van der Waals surface area (Å²) in [5, 5.41) is 5.34. The summed E-state index contributed by atoms with van der Waals surface area (Å²) in [6, 6.07) is 19.7. The fraction of sp³-hybridized carbons (Fsp3) is 0.222. The van der Waals surface area contributed by atoms with E-state index in [1.807, 2.05) is 32.0 Å². The number of carbonyl (C=O) groups excluding carboxylic acids is 3. The Kier molecular flexibility index (Phi) is 8.83. The van der Waals surface area contributed by atoms with Gasteiger partial charge in [0.05, 0.1) is 13.5 Å². The molecule has 8 heteroatoms. The average molecular weight is 477 g/mol. The van der Waals surface area contributed by atoms with Crippen LogP contribution in [0.15, 0.2) is 66.7 Å². The van der Waals surface area contributed by atoms with Gasteiger partial charge in [-0.3, -0.25) is 14.4 Å². The Morgan fingerprint density at radius 3 is 2.09 bits per heavy atom. The van der Waals surface area contributed by atoms with E-state index < -0.39 is 18.5 Å². The van der Waals surface area contributed by atoms with Crippen LogP contribution in [0.5, 0.6) is 17.2 Å². The van der Waals surface area contributed by atoms with E-state index in [0.717, 1.165) is 16.9 Å². The molecule has 3 aromatic carbocycles. The van der Waals surface area contributed by atoms with Gasteiger partial charge in [-0.2, -0.15) is 0 Å². The first kappa shape index (κ1) is 25.3. The lowest BCUT2D eigenvalue weighted by molar-refractivity contribution is -0.147. The fourth-order valence-electron chi connectivity index (χ4n) is 3.24. The molecule has 2 N–H and O–H groups in total. The molecule has 2 amide bonds. The first-order valence-electron chi connectivity index (χ1n) is 11.1. The second-order valence-electron chi connectivity index (χ2n) is 7.84. The molecular formula is C27H28N2O6. The molecule has 0 aromatic heterocycles. The second kappa shape index (κ2) is 12.2. The topological polar surface area (TPSA) is 103 Å². The minimum atomic E-state index is -0.640. The van der Waals surface area contributed by atoms with Crippen LogP contribution in [0.2, 0.25) is 0 Å². The normalized spacial score (nSPS) is 10.3. The monoisotopic (exact) mass is 476 g/mol. The molecule has 0 heterocycles. The van der Waals surface area contributed by atoms with Gasteiger partial charge < -0.3 is 24.8 Å². The number of hydrogen-bond donors (Lipinski definition) is 2. The fourth-order valence-corrected chi connectivity index (χ4v) is 3.24. The highest BCUT2D eigenvalue weighted by Crippen LogP contribution is 2.29. The van der Waals surface area contributed by atoms with E-state index in [9.17, 15) is 14.4 Å². The van der Waals surface area contributed by atoms with Crippen molar-refractivity contribution in [2.24, 2.45) is 0 Å². The number of nitrogens with one attached hydrogen (secondary N) is 2. The maximum atomic E-state index is 12.2. The largest absolute Gasteiger partial charge is 0.497 e. The lowest BCUT2D eigenvalue weighted by Gasteiger charge is -2.12. The number of amides is 2. The van der Waals surface area contributed by atoms with Gasteiger partial charge in [-0.05, 0) is 61.4 Å².